The van der Waals surface area contributed by atoms with Crippen LogP contribution < -0.4 is 5.32 Å². The predicted molar refractivity (Wildman–Crippen MR) is 75.0 cm³/mol. The molecule has 2 rings (SSSR count). The number of likely N-dealkylation sites (N-methyl/N-ethyl adjacent to an activating group) is 1. The second-order valence-electron chi connectivity index (χ2n) is 5.76. The number of nitrogens with zero attached hydrogens (tertiary/aromatic N) is 2. The summed E-state index contributed by atoms with van der Waals surface area (Å²) in [5.74, 6) is 0. The average Bonchev–Trinajstić information content (AvgIpc) is 3.18. The lowest BCUT2D eigenvalue weighted by Gasteiger charge is -2.42. The third kappa shape index (κ3) is 3.92. The van der Waals surface area contributed by atoms with Gasteiger partial charge in [-0.05, 0) is 26.3 Å². The smallest absolute Gasteiger partial charge is 0.0630 e. The van der Waals surface area contributed by atoms with Crippen LogP contribution in [-0.2, 0) is 4.74 Å². The van der Waals surface area contributed by atoms with E-state index in [4.69, 9.17) is 4.74 Å². The topological polar surface area (TPSA) is 27.7 Å². The van der Waals surface area contributed by atoms with Crippen molar-refractivity contribution in [2.75, 3.05) is 46.4 Å². The Morgan fingerprint density at radius 1 is 1.33 bits per heavy atom. The van der Waals surface area contributed by atoms with Crippen LogP contribution in [0.3, 0.4) is 0 Å². The molecule has 4 heteroatoms. The van der Waals surface area contributed by atoms with Gasteiger partial charge in [0.2, 0.25) is 0 Å². The first-order valence-electron chi connectivity index (χ1n) is 7.45. The van der Waals surface area contributed by atoms with Gasteiger partial charge in [-0.2, -0.15) is 0 Å². The molecule has 0 amide bonds. The fourth-order valence-corrected chi connectivity index (χ4v) is 2.90. The Bertz CT molecular complexity index is 245. The third-order valence-corrected chi connectivity index (χ3v) is 4.30. The normalized spacial score (nSPS) is 28.5. The molecule has 0 radical (unpaired) electrons. The molecule has 4 nitrogen and oxygen atoms in total. The molecule has 1 aliphatic heterocycles. The molecule has 1 saturated carbocycles. The molecule has 2 atom stereocenters. The van der Waals surface area contributed by atoms with E-state index in [1.54, 1.807) is 0 Å². The summed E-state index contributed by atoms with van der Waals surface area (Å²) in [4.78, 5) is 5.17. The van der Waals surface area contributed by atoms with Gasteiger partial charge in [0.1, 0.15) is 0 Å². The Morgan fingerprint density at radius 2 is 2.11 bits per heavy atom. The van der Waals surface area contributed by atoms with Crippen molar-refractivity contribution in [2.45, 2.75) is 44.8 Å². The number of hydrogen-bond donors (Lipinski definition) is 1. The van der Waals surface area contributed by atoms with Crippen LogP contribution >= 0.6 is 0 Å². The van der Waals surface area contributed by atoms with E-state index in [0.717, 1.165) is 19.2 Å². The van der Waals surface area contributed by atoms with E-state index in [0.29, 0.717) is 12.1 Å². The van der Waals surface area contributed by atoms with E-state index in [1.165, 1.54) is 39.0 Å². The summed E-state index contributed by atoms with van der Waals surface area (Å²) < 4.78 is 5.40. The zero-order chi connectivity index (χ0) is 13.0. The second-order valence-corrected chi connectivity index (χ2v) is 5.76. The first kappa shape index (κ1) is 14.3. The minimum absolute atomic E-state index is 0.539. The number of rotatable bonds is 7. The fraction of sp³-hybridized carbons (Fsp3) is 1.00. The van der Waals surface area contributed by atoms with Gasteiger partial charge in [-0.25, -0.2) is 0 Å². The Labute approximate surface area is 112 Å². The van der Waals surface area contributed by atoms with Gasteiger partial charge in [-0.15, -0.1) is 0 Å². The molecule has 1 aliphatic carbocycles. The lowest BCUT2D eigenvalue weighted by molar-refractivity contribution is 0.0266. The van der Waals surface area contributed by atoms with Crippen molar-refractivity contribution in [1.82, 2.24) is 15.1 Å². The van der Waals surface area contributed by atoms with Crippen LogP contribution in [0.4, 0.5) is 0 Å². The minimum Gasteiger partial charge on any atom is -0.383 e. The van der Waals surface area contributed by atoms with Crippen LogP contribution in [0.5, 0.6) is 0 Å². The zero-order valence-corrected chi connectivity index (χ0v) is 12.2. The highest BCUT2D eigenvalue weighted by atomic mass is 16.5. The Morgan fingerprint density at radius 3 is 2.67 bits per heavy atom. The van der Waals surface area contributed by atoms with Crippen LogP contribution in [-0.4, -0.2) is 74.4 Å². The quantitative estimate of drug-likeness (QED) is 0.727. The first-order chi connectivity index (χ1) is 8.74. The van der Waals surface area contributed by atoms with Crippen molar-refractivity contribution in [3.8, 4) is 0 Å². The average molecular weight is 255 g/mol. The van der Waals surface area contributed by atoms with Crippen LogP contribution in [0.1, 0.15) is 26.7 Å². The zero-order valence-electron chi connectivity index (χ0n) is 12.2. The van der Waals surface area contributed by atoms with E-state index in [-0.39, 0.29) is 0 Å². The number of ether oxygens (including phenoxy) is 1. The molecular formula is C14H29N3O. The molecule has 2 aliphatic rings. The van der Waals surface area contributed by atoms with E-state index < -0.39 is 0 Å². The summed E-state index contributed by atoms with van der Waals surface area (Å²) >= 11 is 0. The molecule has 0 aromatic carbocycles. The van der Waals surface area contributed by atoms with Gasteiger partial charge in [-0.3, -0.25) is 9.80 Å². The van der Waals surface area contributed by atoms with Crippen molar-refractivity contribution in [3.63, 3.8) is 0 Å². The standard InChI is InChI=1S/C14H29N3O/c1-4-16-7-8-17(10-12(16)2)14(11-18-3)9-15-13-5-6-13/h12-15H,4-11H2,1-3H3. The van der Waals surface area contributed by atoms with Gasteiger partial charge < -0.3 is 10.1 Å². The molecule has 106 valence electrons. The maximum absolute atomic E-state index is 5.40. The summed E-state index contributed by atoms with van der Waals surface area (Å²) in [6, 6.07) is 2.00. The van der Waals surface area contributed by atoms with Crippen LogP contribution in [0.25, 0.3) is 0 Å². The molecule has 2 fully saturated rings. The van der Waals surface area contributed by atoms with Gasteiger partial charge in [0.25, 0.3) is 0 Å². The van der Waals surface area contributed by atoms with Crippen molar-refractivity contribution in [1.29, 1.82) is 0 Å². The van der Waals surface area contributed by atoms with E-state index in [9.17, 15) is 0 Å². The molecule has 1 saturated heterocycles. The summed E-state index contributed by atoms with van der Waals surface area (Å²) in [5, 5.41) is 3.64. The van der Waals surface area contributed by atoms with E-state index in [1.807, 2.05) is 7.11 Å². The van der Waals surface area contributed by atoms with E-state index >= 15 is 0 Å². The van der Waals surface area contributed by atoms with Crippen LogP contribution in [0.15, 0.2) is 0 Å². The first-order valence-corrected chi connectivity index (χ1v) is 7.45. The van der Waals surface area contributed by atoms with Crippen molar-refractivity contribution in [3.05, 3.63) is 0 Å². The maximum Gasteiger partial charge on any atom is 0.0630 e. The number of hydrogen-bond acceptors (Lipinski definition) is 4. The molecule has 0 bridgehead atoms. The Kier molecular flexibility index (Phi) is 5.42. The lowest BCUT2D eigenvalue weighted by Crippen LogP contribution is -2.57. The minimum atomic E-state index is 0.539. The Hall–Kier alpha value is -0.160. The van der Waals surface area contributed by atoms with Gasteiger partial charge in [0.05, 0.1) is 6.61 Å². The third-order valence-electron chi connectivity index (χ3n) is 4.30. The molecule has 1 N–H and O–H groups in total. The molecular weight excluding hydrogens is 226 g/mol. The number of nitrogens with one attached hydrogen (secondary N) is 1. The molecule has 0 spiro atoms. The molecule has 2 unspecified atom stereocenters. The van der Waals surface area contributed by atoms with Gasteiger partial charge in [-0.1, -0.05) is 6.92 Å². The summed E-state index contributed by atoms with van der Waals surface area (Å²) in [7, 11) is 1.82. The largest absolute Gasteiger partial charge is 0.383 e. The summed E-state index contributed by atoms with van der Waals surface area (Å²) in [5.41, 5.74) is 0. The van der Waals surface area contributed by atoms with Gasteiger partial charge in [0, 0.05) is 51.4 Å². The highest BCUT2D eigenvalue weighted by molar-refractivity contribution is 4.87. The molecule has 0 aromatic heterocycles. The maximum atomic E-state index is 5.40. The van der Waals surface area contributed by atoms with Gasteiger partial charge in [0.15, 0.2) is 0 Å². The molecule has 0 aromatic rings. The van der Waals surface area contributed by atoms with E-state index in [2.05, 4.69) is 29.0 Å². The SMILES string of the molecule is CCN1CCN(C(CNC2CC2)COC)CC1C. The second kappa shape index (κ2) is 6.85. The predicted octanol–water partition coefficient (Wildman–Crippen LogP) is 0.779. The lowest BCUT2D eigenvalue weighted by atomic mass is 10.1. The highest BCUT2D eigenvalue weighted by Gasteiger charge is 2.29. The summed E-state index contributed by atoms with van der Waals surface area (Å²) in [6.45, 7) is 11.2. The van der Waals surface area contributed by atoms with Crippen molar-refractivity contribution in [2.24, 2.45) is 0 Å². The number of piperazine rings is 1. The Balaban J connectivity index is 1.81. The summed E-state index contributed by atoms with van der Waals surface area (Å²) in [6.07, 6.45) is 2.72. The van der Waals surface area contributed by atoms with Crippen molar-refractivity contribution < 1.29 is 4.74 Å². The monoisotopic (exact) mass is 255 g/mol. The van der Waals surface area contributed by atoms with Crippen LogP contribution in [0.2, 0.25) is 0 Å². The van der Waals surface area contributed by atoms with Crippen molar-refractivity contribution >= 4 is 0 Å². The highest BCUT2D eigenvalue weighted by Crippen LogP contribution is 2.19. The number of methoxy groups -OCH3 is 1. The molecule has 18 heavy (non-hydrogen) atoms. The fourth-order valence-electron chi connectivity index (χ4n) is 2.90. The van der Waals surface area contributed by atoms with Crippen LogP contribution in [0, 0.1) is 0 Å². The molecule has 1 heterocycles. The van der Waals surface area contributed by atoms with Gasteiger partial charge >= 0.3 is 0 Å².